The minimum absolute atomic E-state index is 0.527. The van der Waals surface area contributed by atoms with Crippen molar-refractivity contribution in [2.24, 2.45) is 0 Å². The monoisotopic (exact) mass is 291 g/mol. The Labute approximate surface area is 117 Å². The lowest BCUT2D eigenvalue weighted by Gasteiger charge is -2.09. The van der Waals surface area contributed by atoms with Gasteiger partial charge in [-0.2, -0.15) is 13.2 Å². The van der Waals surface area contributed by atoms with Crippen molar-refractivity contribution >= 4 is 0 Å². The Morgan fingerprint density at radius 3 is 2.35 bits per heavy atom. The first-order chi connectivity index (χ1) is 9.54. The van der Waals surface area contributed by atoms with Gasteiger partial charge in [-0.25, -0.2) is 0 Å². The number of hydrogen-bond acceptors (Lipinski definition) is 3. The van der Waals surface area contributed by atoms with Crippen LogP contribution in [0.5, 0.6) is 0 Å². The summed E-state index contributed by atoms with van der Waals surface area (Å²) in [5.41, 5.74) is 0.195. The van der Waals surface area contributed by atoms with E-state index in [0.29, 0.717) is 32.9 Å². The van der Waals surface area contributed by atoms with Gasteiger partial charge >= 0.3 is 6.18 Å². The zero-order valence-corrected chi connectivity index (χ0v) is 11.5. The second-order valence-corrected chi connectivity index (χ2v) is 4.33. The Hall–Kier alpha value is -1.11. The third-order valence-electron chi connectivity index (χ3n) is 2.67. The van der Waals surface area contributed by atoms with Crippen LogP contribution in [0.1, 0.15) is 17.5 Å². The molecule has 0 atom stereocenters. The van der Waals surface area contributed by atoms with E-state index in [1.165, 1.54) is 12.1 Å². The van der Waals surface area contributed by atoms with Gasteiger partial charge in [-0.05, 0) is 24.1 Å². The number of nitrogens with one attached hydrogen (secondary N) is 1. The molecule has 20 heavy (non-hydrogen) atoms. The molecule has 0 aliphatic heterocycles. The zero-order chi connectivity index (χ0) is 14.8. The molecule has 0 unspecified atom stereocenters. The van der Waals surface area contributed by atoms with Crippen LogP contribution >= 0.6 is 0 Å². The van der Waals surface area contributed by atoms with Crippen LogP contribution in [-0.4, -0.2) is 33.5 Å². The van der Waals surface area contributed by atoms with E-state index in [4.69, 9.17) is 9.47 Å². The van der Waals surface area contributed by atoms with Crippen LogP contribution in [0.4, 0.5) is 13.2 Å². The molecule has 114 valence electrons. The fraction of sp³-hybridized carbons (Fsp3) is 0.571. The minimum Gasteiger partial charge on any atom is -0.385 e. The lowest BCUT2D eigenvalue weighted by Crippen LogP contribution is -2.19. The van der Waals surface area contributed by atoms with Crippen molar-refractivity contribution in [1.82, 2.24) is 5.32 Å². The van der Waals surface area contributed by atoms with Crippen LogP contribution in [0, 0.1) is 0 Å². The van der Waals surface area contributed by atoms with E-state index in [9.17, 15) is 13.2 Å². The molecule has 6 heteroatoms. The van der Waals surface area contributed by atoms with Crippen molar-refractivity contribution in [3.05, 3.63) is 35.4 Å². The molecule has 0 aromatic heterocycles. The highest BCUT2D eigenvalue weighted by Gasteiger charge is 2.29. The normalized spacial score (nSPS) is 11.8. The first kappa shape index (κ1) is 16.9. The summed E-state index contributed by atoms with van der Waals surface area (Å²) in [7, 11) is 1.64. The van der Waals surface area contributed by atoms with E-state index in [2.05, 4.69) is 5.32 Å². The average molecular weight is 291 g/mol. The topological polar surface area (TPSA) is 30.5 Å². The summed E-state index contributed by atoms with van der Waals surface area (Å²) in [4.78, 5) is 0. The van der Waals surface area contributed by atoms with E-state index >= 15 is 0 Å². The molecular weight excluding hydrogens is 271 g/mol. The highest BCUT2D eigenvalue weighted by atomic mass is 19.4. The molecule has 0 saturated heterocycles. The van der Waals surface area contributed by atoms with E-state index in [1.54, 1.807) is 7.11 Å². The summed E-state index contributed by atoms with van der Waals surface area (Å²) in [6.07, 6.45) is -3.42. The van der Waals surface area contributed by atoms with Gasteiger partial charge in [0, 0.05) is 33.4 Å². The third-order valence-corrected chi connectivity index (χ3v) is 2.67. The second kappa shape index (κ2) is 8.94. The van der Waals surface area contributed by atoms with Gasteiger partial charge in [0.1, 0.15) is 0 Å². The molecule has 0 spiro atoms. The molecule has 0 heterocycles. The second-order valence-electron chi connectivity index (χ2n) is 4.33. The number of methoxy groups -OCH3 is 1. The standard InChI is InChI=1S/C14H20F3NO2/c1-19-8-2-9-20-10-7-18-11-12-3-5-13(6-4-12)14(15,16)17/h3-6,18H,2,7-11H2,1H3. The Morgan fingerprint density at radius 1 is 1.05 bits per heavy atom. The molecule has 1 N–H and O–H groups in total. The van der Waals surface area contributed by atoms with E-state index < -0.39 is 11.7 Å². The van der Waals surface area contributed by atoms with Gasteiger partial charge < -0.3 is 14.8 Å². The first-order valence-electron chi connectivity index (χ1n) is 6.47. The van der Waals surface area contributed by atoms with Gasteiger partial charge in [0.15, 0.2) is 0 Å². The Morgan fingerprint density at radius 2 is 1.75 bits per heavy atom. The van der Waals surface area contributed by atoms with Gasteiger partial charge in [0.05, 0.1) is 12.2 Å². The van der Waals surface area contributed by atoms with Crippen molar-refractivity contribution in [2.45, 2.75) is 19.1 Å². The first-order valence-corrected chi connectivity index (χ1v) is 6.47. The predicted molar refractivity (Wildman–Crippen MR) is 70.5 cm³/mol. The number of halogens is 3. The number of alkyl halides is 3. The van der Waals surface area contributed by atoms with Gasteiger partial charge in [0.2, 0.25) is 0 Å². The van der Waals surface area contributed by atoms with Gasteiger partial charge in [0.25, 0.3) is 0 Å². The summed E-state index contributed by atoms with van der Waals surface area (Å²) in [5, 5.41) is 3.11. The quantitative estimate of drug-likeness (QED) is 0.710. The Balaban J connectivity index is 2.13. The minimum atomic E-state index is -4.28. The fourth-order valence-corrected chi connectivity index (χ4v) is 1.60. The average Bonchev–Trinajstić information content (AvgIpc) is 2.41. The fourth-order valence-electron chi connectivity index (χ4n) is 1.60. The largest absolute Gasteiger partial charge is 0.416 e. The van der Waals surface area contributed by atoms with Gasteiger partial charge in [-0.3, -0.25) is 0 Å². The van der Waals surface area contributed by atoms with E-state index in [0.717, 1.165) is 24.1 Å². The molecule has 0 saturated carbocycles. The van der Waals surface area contributed by atoms with Crippen molar-refractivity contribution in [2.75, 3.05) is 33.5 Å². The maximum Gasteiger partial charge on any atom is 0.416 e. The summed E-state index contributed by atoms with van der Waals surface area (Å²) in [6.45, 7) is 3.09. The van der Waals surface area contributed by atoms with E-state index in [-0.39, 0.29) is 0 Å². The summed E-state index contributed by atoms with van der Waals surface area (Å²) >= 11 is 0. The van der Waals surface area contributed by atoms with E-state index in [1.807, 2.05) is 0 Å². The van der Waals surface area contributed by atoms with Crippen LogP contribution < -0.4 is 5.32 Å². The molecule has 1 aromatic rings. The van der Waals surface area contributed by atoms with Gasteiger partial charge in [-0.15, -0.1) is 0 Å². The molecule has 0 aliphatic carbocycles. The zero-order valence-electron chi connectivity index (χ0n) is 11.5. The molecular formula is C14H20F3NO2. The van der Waals surface area contributed by atoms with Crippen LogP contribution in [0.15, 0.2) is 24.3 Å². The number of ether oxygens (including phenoxy) is 2. The maximum atomic E-state index is 12.4. The highest BCUT2D eigenvalue weighted by molar-refractivity contribution is 5.24. The molecule has 3 nitrogen and oxygen atoms in total. The number of rotatable bonds is 9. The molecule has 0 fully saturated rings. The molecule has 1 aromatic carbocycles. The summed E-state index contributed by atoms with van der Waals surface area (Å²) in [5.74, 6) is 0. The molecule has 0 amide bonds. The summed E-state index contributed by atoms with van der Waals surface area (Å²) in [6, 6.07) is 5.15. The van der Waals surface area contributed by atoms with Crippen LogP contribution in [-0.2, 0) is 22.2 Å². The third kappa shape index (κ3) is 6.88. The van der Waals surface area contributed by atoms with Crippen molar-refractivity contribution in [3.63, 3.8) is 0 Å². The van der Waals surface area contributed by atoms with Gasteiger partial charge in [-0.1, -0.05) is 12.1 Å². The van der Waals surface area contributed by atoms with Crippen molar-refractivity contribution in [1.29, 1.82) is 0 Å². The Kier molecular flexibility index (Phi) is 7.58. The van der Waals surface area contributed by atoms with Crippen LogP contribution in [0.3, 0.4) is 0 Å². The number of hydrogen-bond donors (Lipinski definition) is 1. The van der Waals surface area contributed by atoms with Crippen LogP contribution in [0.25, 0.3) is 0 Å². The predicted octanol–water partition coefficient (Wildman–Crippen LogP) is 2.85. The Bertz CT molecular complexity index is 366. The summed E-state index contributed by atoms with van der Waals surface area (Å²) < 4.78 is 47.3. The lowest BCUT2D eigenvalue weighted by molar-refractivity contribution is -0.137. The maximum absolute atomic E-state index is 12.4. The molecule has 0 aliphatic rings. The highest BCUT2D eigenvalue weighted by Crippen LogP contribution is 2.28. The molecule has 0 bridgehead atoms. The molecule has 0 radical (unpaired) electrons. The van der Waals surface area contributed by atoms with Crippen molar-refractivity contribution in [3.8, 4) is 0 Å². The lowest BCUT2D eigenvalue weighted by atomic mass is 10.1. The van der Waals surface area contributed by atoms with Crippen molar-refractivity contribution < 1.29 is 22.6 Å². The molecule has 1 rings (SSSR count). The number of benzene rings is 1. The smallest absolute Gasteiger partial charge is 0.385 e. The van der Waals surface area contributed by atoms with Crippen LogP contribution in [0.2, 0.25) is 0 Å². The SMILES string of the molecule is COCCCOCCNCc1ccc(C(F)(F)F)cc1.